The van der Waals surface area contributed by atoms with Crippen molar-refractivity contribution in [3.63, 3.8) is 0 Å². The third kappa shape index (κ3) is 7.67. The molecule has 0 bridgehead atoms. The molecule has 0 fully saturated rings. The van der Waals surface area contributed by atoms with Gasteiger partial charge in [0, 0.05) is 27.1 Å². The first kappa shape index (κ1) is 45.9. The van der Waals surface area contributed by atoms with E-state index in [0.717, 1.165) is 88.4 Å². The van der Waals surface area contributed by atoms with Crippen molar-refractivity contribution in [2.45, 2.75) is 55.4 Å². The van der Waals surface area contributed by atoms with Crippen LogP contribution < -0.4 is 0 Å². The lowest BCUT2D eigenvalue weighted by atomic mass is 9.95. The van der Waals surface area contributed by atoms with Gasteiger partial charge in [-0.05, 0) is 201 Å². The lowest BCUT2D eigenvalue weighted by Crippen LogP contribution is -2.05. The standard InChI is InChI=1S/C70H54N4/c1-41-12-20-56(45(5)28-41)51-16-24-64-60(35-51)61-36-52(57-21-13-42(2)29-46(57)6)17-25-65(61)73(64)68-33-50(40-72)34-69(70(68)55-11-9-10-49(32-55)39-71)74-66-26-18-53(58-22-14-43(3)30-47(58)7)37-62(66)63-38-54(19-27-67(63)74)59-23-15-44(4)31-48(59)8/h9-38H,1-8H3. The number of fused-ring (bicyclic) bond motifs is 6. The van der Waals surface area contributed by atoms with Gasteiger partial charge in [0.2, 0.25) is 0 Å². The van der Waals surface area contributed by atoms with Gasteiger partial charge in [-0.15, -0.1) is 0 Å². The maximum absolute atomic E-state index is 11.2. The van der Waals surface area contributed by atoms with Gasteiger partial charge in [-0.2, -0.15) is 10.5 Å². The van der Waals surface area contributed by atoms with Crippen LogP contribution in [-0.4, -0.2) is 9.13 Å². The summed E-state index contributed by atoms with van der Waals surface area (Å²) >= 11 is 0. The summed E-state index contributed by atoms with van der Waals surface area (Å²) in [6.07, 6.45) is 0. The number of nitriles is 2. The summed E-state index contributed by atoms with van der Waals surface area (Å²) in [5, 5.41) is 26.1. The zero-order chi connectivity index (χ0) is 51.1. The van der Waals surface area contributed by atoms with E-state index in [2.05, 4.69) is 228 Å². The highest BCUT2D eigenvalue weighted by atomic mass is 15.0. The molecule has 4 nitrogen and oxygen atoms in total. The van der Waals surface area contributed by atoms with Crippen molar-refractivity contribution in [3.05, 3.63) is 238 Å². The molecule has 4 heteroatoms. The Morgan fingerprint density at radius 2 is 0.622 bits per heavy atom. The van der Waals surface area contributed by atoms with Crippen molar-refractivity contribution in [1.82, 2.24) is 9.13 Å². The summed E-state index contributed by atoms with van der Waals surface area (Å²) in [6, 6.07) is 71.0. The number of benzene rings is 10. The van der Waals surface area contributed by atoms with E-state index >= 15 is 0 Å². The number of nitrogens with zero attached hydrogens (tertiary/aromatic N) is 4. The Bertz CT molecular complexity index is 3960. The quantitative estimate of drug-likeness (QED) is 0.160. The van der Waals surface area contributed by atoms with Crippen LogP contribution in [0.15, 0.2) is 182 Å². The highest BCUT2D eigenvalue weighted by molar-refractivity contribution is 6.14. The summed E-state index contributed by atoms with van der Waals surface area (Å²) in [4.78, 5) is 0. The van der Waals surface area contributed by atoms with Gasteiger partial charge in [-0.25, -0.2) is 0 Å². The minimum absolute atomic E-state index is 0.526. The van der Waals surface area contributed by atoms with Crippen LogP contribution in [0.5, 0.6) is 0 Å². The topological polar surface area (TPSA) is 57.4 Å². The Labute approximate surface area is 433 Å². The second kappa shape index (κ2) is 17.8. The maximum Gasteiger partial charge on any atom is 0.0993 e. The largest absolute Gasteiger partial charge is 0.308 e. The fourth-order valence-corrected chi connectivity index (χ4v) is 11.9. The van der Waals surface area contributed by atoms with E-state index in [-0.39, 0.29) is 0 Å². The van der Waals surface area contributed by atoms with E-state index in [0.29, 0.717) is 11.1 Å². The molecule has 2 heterocycles. The molecule has 0 N–H and O–H groups in total. The lowest BCUT2D eigenvalue weighted by molar-refractivity contribution is 1.13. The number of aromatic nitrogens is 2. The van der Waals surface area contributed by atoms with Gasteiger partial charge in [-0.1, -0.05) is 131 Å². The first-order chi connectivity index (χ1) is 35.8. The molecule has 0 radical (unpaired) electrons. The SMILES string of the molecule is Cc1ccc(-c2ccc3c(c2)c2cc(-c4ccc(C)cc4C)ccc2n3-c2cc(C#N)cc(-n3c4ccc(-c5ccc(C)cc5C)cc4c4cc(-c5ccc(C)cc5C)ccc43)c2-c2cccc(C#N)c2)c(C)c1. The molecule has 0 amide bonds. The Morgan fingerprint density at radius 1 is 0.297 bits per heavy atom. The van der Waals surface area contributed by atoms with Crippen LogP contribution in [0, 0.1) is 78.1 Å². The average Bonchev–Trinajstić information content (AvgIpc) is 3.89. The van der Waals surface area contributed by atoms with E-state index in [4.69, 9.17) is 0 Å². The fraction of sp³-hybridized carbons (Fsp3) is 0.114. The van der Waals surface area contributed by atoms with Gasteiger partial charge in [0.05, 0.1) is 56.7 Å². The van der Waals surface area contributed by atoms with Crippen LogP contribution in [-0.2, 0) is 0 Å². The van der Waals surface area contributed by atoms with E-state index in [9.17, 15) is 10.5 Å². The van der Waals surface area contributed by atoms with Crippen molar-refractivity contribution in [2.75, 3.05) is 0 Å². The summed E-state index contributed by atoms with van der Waals surface area (Å²) in [7, 11) is 0. The van der Waals surface area contributed by atoms with Crippen molar-refractivity contribution < 1.29 is 0 Å². The monoisotopic (exact) mass is 950 g/mol. The van der Waals surface area contributed by atoms with Crippen LogP contribution in [0.25, 0.3) is 111 Å². The van der Waals surface area contributed by atoms with Crippen molar-refractivity contribution in [1.29, 1.82) is 10.5 Å². The zero-order valence-electron chi connectivity index (χ0n) is 43.1. The molecule has 0 spiro atoms. The summed E-state index contributed by atoms with van der Waals surface area (Å²) in [6.45, 7) is 17.3. The van der Waals surface area contributed by atoms with Crippen LogP contribution in [0.4, 0.5) is 0 Å². The van der Waals surface area contributed by atoms with Crippen LogP contribution in [0.1, 0.15) is 55.6 Å². The van der Waals surface area contributed by atoms with Gasteiger partial charge in [0.25, 0.3) is 0 Å². The van der Waals surface area contributed by atoms with E-state index in [1.54, 1.807) is 0 Å². The predicted molar refractivity (Wildman–Crippen MR) is 310 cm³/mol. The van der Waals surface area contributed by atoms with Crippen LogP contribution >= 0.6 is 0 Å². The van der Waals surface area contributed by atoms with E-state index in [1.807, 2.05) is 30.3 Å². The molecule has 12 rings (SSSR count). The van der Waals surface area contributed by atoms with Crippen molar-refractivity contribution in [3.8, 4) is 79.1 Å². The third-order valence-electron chi connectivity index (χ3n) is 15.3. The minimum atomic E-state index is 0.526. The molecule has 0 saturated heterocycles. The second-order valence-electron chi connectivity index (χ2n) is 20.6. The Balaban J connectivity index is 1.20. The van der Waals surface area contributed by atoms with Gasteiger partial charge < -0.3 is 9.13 Å². The molecule has 0 saturated carbocycles. The number of hydrogen-bond donors (Lipinski definition) is 0. The number of hydrogen-bond acceptors (Lipinski definition) is 2. The molecule has 0 aliphatic carbocycles. The lowest BCUT2D eigenvalue weighted by Gasteiger charge is -2.21. The fourth-order valence-electron chi connectivity index (χ4n) is 11.9. The highest BCUT2D eigenvalue weighted by Gasteiger charge is 2.25. The number of aryl methyl sites for hydroxylation is 8. The third-order valence-corrected chi connectivity index (χ3v) is 15.3. The van der Waals surface area contributed by atoms with Crippen molar-refractivity contribution >= 4 is 43.6 Å². The number of rotatable bonds is 7. The maximum atomic E-state index is 11.2. The molecule has 10 aromatic carbocycles. The summed E-state index contributed by atoms with van der Waals surface area (Å²) in [5.74, 6) is 0. The zero-order valence-corrected chi connectivity index (χ0v) is 43.1. The summed E-state index contributed by atoms with van der Waals surface area (Å²) < 4.78 is 4.71. The summed E-state index contributed by atoms with van der Waals surface area (Å²) in [5.41, 5.74) is 27.8. The molecular weight excluding hydrogens is 897 g/mol. The molecule has 0 atom stereocenters. The molecule has 2 aromatic heterocycles. The molecule has 0 unspecified atom stereocenters. The van der Waals surface area contributed by atoms with Gasteiger partial charge in [0.1, 0.15) is 0 Å². The highest BCUT2D eigenvalue weighted by Crippen LogP contribution is 2.46. The Hall–Kier alpha value is -9.22. The smallest absolute Gasteiger partial charge is 0.0993 e. The van der Waals surface area contributed by atoms with Crippen molar-refractivity contribution in [2.24, 2.45) is 0 Å². The Morgan fingerprint density at radius 3 is 0.919 bits per heavy atom. The first-order valence-electron chi connectivity index (χ1n) is 25.4. The molecule has 0 aliphatic rings. The van der Waals surface area contributed by atoms with Gasteiger partial charge in [0.15, 0.2) is 0 Å². The predicted octanol–water partition coefficient (Wildman–Crippen LogP) is 18.4. The first-order valence-corrected chi connectivity index (χ1v) is 25.4. The molecule has 354 valence electrons. The molecule has 0 aliphatic heterocycles. The molecular formula is C70H54N4. The normalized spacial score (nSPS) is 11.5. The van der Waals surface area contributed by atoms with Crippen LogP contribution in [0.3, 0.4) is 0 Å². The minimum Gasteiger partial charge on any atom is -0.308 e. The second-order valence-corrected chi connectivity index (χ2v) is 20.6. The Kier molecular flexibility index (Phi) is 11.0. The van der Waals surface area contributed by atoms with E-state index in [1.165, 1.54) is 66.8 Å². The van der Waals surface area contributed by atoms with Crippen LogP contribution in [0.2, 0.25) is 0 Å². The van der Waals surface area contributed by atoms with Gasteiger partial charge in [-0.3, -0.25) is 0 Å². The average molecular weight is 951 g/mol. The van der Waals surface area contributed by atoms with Gasteiger partial charge >= 0.3 is 0 Å². The molecule has 74 heavy (non-hydrogen) atoms. The van der Waals surface area contributed by atoms with E-state index < -0.39 is 0 Å². The molecule has 12 aromatic rings.